The Balaban J connectivity index is 2.14. The van der Waals surface area contributed by atoms with Gasteiger partial charge in [-0.05, 0) is 31.2 Å². The molecule has 1 aromatic carbocycles. The van der Waals surface area contributed by atoms with Crippen molar-refractivity contribution >= 4 is 11.6 Å². The van der Waals surface area contributed by atoms with Gasteiger partial charge in [-0.25, -0.2) is 4.98 Å². The third kappa shape index (κ3) is 3.66. The largest absolute Gasteiger partial charge is 0.493 e. The molecule has 116 valence electrons. The zero-order chi connectivity index (χ0) is 15.9. The van der Waals surface area contributed by atoms with Gasteiger partial charge in [-0.3, -0.25) is 4.79 Å². The summed E-state index contributed by atoms with van der Waals surface area (Å²) in [4.78, 5) is 16.3. The van der Waals surface area contributed by atoms with Crippen molar-refractivity contribution in [1.29, 1.82) is 0 Å². The summed E-state index contributed by atoms with van der Waals surface area (Å²) < 4.78 is 15.6. The predicted molar refractivity (Wildman–Crippen MR) is 82.9 cm³/mol. The molecular weight excluding hydrogens is 284 g/mol. The van der Waals surface area contributed by atoms with Gasteiger partial charge in [0.2, 0.25) is 5.88 Å². The molecule has 22 heavy (non-hydrogen) atoms. The topological polar surface area (TPSA) is 69.7 Å². The van der Waals surface area contributed by atoms with E-state index in [1.807, 2.05) is 6.92 Å². The molecule has 1 amide bonds. The summed E-state index contributed by atoms with van der Waals surface area (Å²) in [7, 11) is 3.07. The molecule has 0 aliphatic heterocycles. The van der Waals surface area contributed by atoms with E-state index in [2.05, 4.69) is 10.3 Å². The van der Waals surface area contributed by atoms with E-state index in [4.69, 9.17) is 14.2 Å². The first-order valence-corrected chi connectivity index (χ1v) is 6.80. The average molecular weight is 302 g/mol. The summed E-state index contributed by atoms with van der Waals surface area (Å²) in [6, 6.07) is 8.42. The van der Waals surface area contributed by atoms with Gasteiger partial charge in [-0.2, -0.15) is 0 Å². The van der Waals surface area contributed by atoms with Gasteiger partial charge in [0.15, 0.2) is 11.5 Å². The summed E-state index contributed by atoms with van der Waals surface area (Å²) in [5.41, 5.74) is 1.05. The van der Waals surface area contributed by atoms with Gasteiger partial charge in [0.05, 0.1) is 32.7 Å². The maximum atomic E-state index is 12.2. The molecule has 2 rings (SSSR count). The van der Waals surface area contributed by atoms with Crippen LogP contribution >= 0.6 is 0 Å². The van der Waals surface area contributed by atoms with Crippen LogP contribution in [0.15, 0.2) is 36.5 Å². The molecule has 0 spiro atoms. The number of aromatic nitrogens is 1. The maximum Gasteiger partial charge on any atom is 0.255 e. The predicted octanol–water partition coefficient (Wildman–Crippen LogP) is 2.75. The molecular formula is C16H18N2O4. The van der Waals surface area contributed by atoms with Crippen LogP contribution in [-0.2, 0) is 0 Å². The smallest absolute Gasteiger partial charge is 0.255 e. The number of pyridine rings is 1. The van der Waals surface area contributed by atoms with Crippen molar-refractivity contribution in [3.05, 3.63) is 42.1 Å². The Morgan fingerprint density at radius 1 is 1.14 bits per heavy atom. The quantitative estimate of drug-likeness (QED) is 0.888. The molecule has 0 bridgehead atoms. The summed E-state index contributed by atoms with van der Waals surface area (Å²) in [5, 5.41) is 2.76. The number of anilines is 1. The number of nitrogens with one attached hydrogen (secondary N) is 1. The van der Waals surface area contributed by atoms with Gasteiger partial charge in [0.25, 0.3) is 5.91 Å². The Morgan fingerprint density at radius 3 is 2.55 bits per heavy atom. The zero-order valence-electron chi connectivity index (χ0n) is 12.8. The lowest BCUT2D eigenvalue weighted by Crippen LogP contribution is -2.12. The Bertz CT molecular complexity index is 641. The second-order valence-corrected chi connectivity index (χ2v) is 4.34. The van der Waals surface area contributed by atoms with Crippen LogP contribution in [0.1, 0.15) is 17.3 Å². The third-order valence-electron chi connectivity index (χ3n) is 2.93. The molecule has 0 unspecified atom stereocenters. The number of carbonyl (C=O) groups excluding carboxylic acids is 1. The van der Waals surface area contributed by atoms with Gasteiger partial charge in [0.1, 0.15) is 0 Å². The second-order valence-electron chi connectivity index (χ2n) is 4.34. The van der Waals surface area contributed by atoms with Crippen molar-refractivity contribution in [3.8, 4) is 17.4 Å². The third-order valence-corrected chi connectivity index (χ3v) is 2.93. The summed E-state index contributed by atoms with van der Waals surface area (Å²) in [6.45, 7) is 2.41. The molecule has 0 fully saturated rings. The van der Waals surface area contributed by atoms with Crippen LogP contribution in [0.5, 0.6) is 17.4 Å². The normalized spacial score (nSPS) is 9.95. The standard InChI is InChI=1S/C16H18N2O4/c1-4-22-13-7-5-11(9-14(13)20-2)16(19)18-12-6-8-15(21-3)17-10-12/h5-10H,4H2,1-3H3,(H,18,19). The van der Waals surface area contributed by atoms with Crippen molar-refractivity contribution < 1.29 is 19.0 Å². The molecule has 1 aromatic heterocycles. The van der Waals surface area contributed by atoms with Crippen LogP contribution < -0.4 is 19.5 Å². The maximum absolute atomic E-state index is 12.2. The lowest BCUT2D eigenvalue weighted by atomic mass is 10.2. The molecule has 1 heterocycles. The number of amides is 1. The van der Waals surface area contributed by atoms with E-state index in [-0.39, 0.29) is 5.91 Å². The lowest BCUT2D eigenvalue weighted by molar-refractivity contribution is 0.102. The van der Waals surface area contributed by atoms with Crippen molar-refractivity contribution in [1.82, 2.24) is 4.98 Å². The van der Waals surface area contributed by atoms with Gasteiger partial charge < -0.3 is 19.5 Å². The van der Waals surface area contributed by atoms with Crippen LogP contribution in [0, 0.1) is 0 Å². The van der Waals surface area contributed by atoms with Crippen molar-refractivity contribution in [2.24, 2.45) is 0 Å². The Morgan fingerprint density at radius 2 is 1.95 bits per heavy atom. The average Bonchev–Trinajstić information content (AvgIpc) is 2.56. The molecule has 6 heteroatoms. The lowest BCUT2D eigenvalue weighted by Gasteiger charge is -2.11. The highest BCUT2D eigenvalue weighted by atomic mass is 16.5. The summed E-state index contributed by atoms with van der Waals surface area (Å²) in [6.07, 6.45) is 1.53. The fourth-order valence-electron chi connectivity index (χ4n) is 1.86. The number of benzene rings is 1. The Labute approximate surface area is 129 Å². The number of methoxy groups -OCH3 is 2. The Hall–Kier alpha value is -2.76. The molecule has 0 aliphatic carbocycles. The summed E-state index contributed by atoms with van der Waals surface area (Å²) in [5.74, 6) is 1.35. The van der Waals surface area contributed by atoms with Crippen molar-refractivity contribution in [2.45, 2.75) is 6.92 Å². The van der Waals surface area contributed by atoms with Crippen LogP contribution in [0.25, 0.3) is 0 Å². The first-order valence-electron chi connectivity index (χ1n) is 6.80. The number of ether oxygens (including phenoxy) is 3. The molecule has 0 aliphatic rings. The van der Waals surface area contributed by atoms with E-state index in [9.17, 15) is 4.79 Å². The molecule has 1 N–H and O–H groups in total. The molecule has 0 saturated heterocycles. The van der Waals surface area contributed by atoms with E-state index in [0.717, 1.165) is 0 Å². The van der Waals surface area contributed by atoms with Gasteiger partial charge in [0, 0.05) is 11.6 Å². The van der Waals surface area contributed by atoms with E-state index in [1.165, 1.54) is 20.4 Å². The monoisotopic (exact) mass is 302 g/mol. The van der Waals surface area contributed by atoms with Crippen molar-refractivity contribution in [3.63, 3.8) is 0 Å². The van der Waals surface area contributed by atoms with E-state index >= 15 is 0 Å². The van der Waals surface area contributed by atoms with Gasteiger partial charge in [-0.1, -0.05) is 0 Å². The van der Waals surface area contributed by atoms with Crippen LogP contribution in [0.3, 0.4) is 0 Å². The highest BCUT2D eigenvalue weighted by molar-refractivity contribution is 6.04. The highest BCUT2D eigenvalue weighted by Gasteiger charge is 2.11. The highest BCUT2D eigenvalue weighted by Crippen LogP contribution is 2.28. The van der Waals surface area contributed by atoms with Crippen LogP contribution in [0.2, 0.25) is 0 Å². The minimum absolute atomic E-state index is 0.256. The fourth-order valence-corrected chi connectivity index (χ4v) is 1.86. The van der Waals surface area contributed by atoms with Gasteiger partial charge in [-0.15, -0.1) is 0 Å². The van der Waals surface area contributed by atoms with Crippen LogP contribution in [-0.4, -0.2) is 31.7 Å². The minimum atomic E-state index is -0.256. The number of rotatable bonds is 6. The number of hydrogen-bond acceptors (Lipinski definition) is 5. The molecule has 2 aromatic rings. The second kappa shape index (κ2) is 7.31. The molecule has 6 nitrogen and oxygen atoms in total. The number of nitrogens with zero attached hydrogens (tertiary/aromatic N) is 1. The fraction of sp³-hybridized carbons (Fsp3) is 0.250. The minimum Gasteiger partial charge on any atom is -0.493 e. The van der Waals surface area contributed by atoms with E-state index in [0.29, 0.717) is 35.2 Å². The van der Waals surface area contributed by atoms with E-state index < -0.39 is 0 Å². The number of hydrogen-bond donors (Lipinski definition) is 1. The SMILES string of the molecule is CCOc1ccc(C(=O)Nc2ccc(OC)nc2)cc1OC. The number of carbonyl (C=O) groups is 1. The van der Waals surface area contributed by atoms with Crippen LogP contribution in [0.4, 0.5) is 5.69 Å². The first kappa shape index (κ1) is 15.6. The zero-order valence-corrected chi connectivity index (χ0v) is 12.8. The Kier molecular flexibility index (Phi) is 5.19. The first-order chi connectivity index (χ1) is 10.7. The molecule has 0 radical (unpaired) electrons. The molecule has 0 saturated carbocycles. The van der Waals surface area contributed by atoms with Crippen molar-refractivity contribution in [2.75, 3.05) is 26.1 Å². The van der Waals surface area contributed by atoms with Gasteiger partial charge >= 0.3 is 0 Å². The van der Waals surface area contributed by atoms with E-state index in [1.54, 1.807) is 30.3 Å². The molecule has 0 atom stereocenters. The summed E-state index contributed by atoms with van der Waals surface area (Å²) >= 11 is 0.